The van der Waals surface area contributed by atoms with Crippen LogP contribution in [-0.4, -0.2) is 23.4 Å². The number of thioether (sulfide) groups is 1. The fraction of sp³-hybridized carbons (Fsp3) is 0.500. The lowest BCUT2D eigenvalue weighted by atomic mass is 10.2. The zero-order valence-corrected chi connectivity index (χ0v) is 9.59. The van der Waals surface area contributed by atoms with Crippen LogP contribution in [0, 0.1) is 0 Å². The quantitative estimate of drug-likeness (QED) is 0.825. The second-order valence-electron chi connectivity index (χ2n) is 3.95. The van der Waals surface area contributed by atoms with Crippen LogP contribution in [0.5, 0.6) is 5.75 Å². The minimum atomic E-state index is 0.370. The number of aromatic hydroxyl groups is 1. The first-order valence-corrected chi connectivity index (χ1v) is 6.50. The van der Waals surface area contributed by atoms with Crippen molar-refractivity contribution >= 4 is 11.8 Å². The minimum Gasteiger partial charge on any atom is -0.508 e. The molecule has 0 saturated carbocycles. The Balaban J connectivity index is 1.81. The van der Waals surface area contributed by atoms with E-state index in [9.17, 15) is 5.11 Å². The Bertz CT molecular complexity index is 310. The van der Waals surface area contributed by atoms with Crippen molar-refractivity contribution in [2.45, 2.75) is 23.8 Å². The Morgan fingerprint density at radius 1 is 1.47 bits per heavy atom. The van der Waals surface area contributed by atoms with Gasteiger partial charge in [0.2, 0.25) is 0 Å². The standard InChI is InChI=1S/C12H17NOS/c14-11-4-1-3-10(7-11)9-15-12-5-2-6-13-8-12/h1,3-4,7,12-14H,2,5-6,8-9H2. The van der Waals surface area contributed by atoms with Crippen LogP contribution >= 0.6 is 11.8 Å². The van der Waals surface area contributed by atoms with Gasteiger partial charge in [-0.05, 0) is 37.1 Å². The van der Waals surface area contributed by atoms with Crippen molar-refractivity contribution in [1.29, 1.82) is 0 Å². The summed E-state index contributed by atoms with van der Waals surface area (Å²) < 4.78 is 0. The van der Waals surface area contributed by atoms with Crippen LogP contribution < -0.4 is 5.32 Å². The minimum absolute atomic E-state index is 0.370. The average Bonchev–Trinajstić information content (AvgIpc) is 2.28. The van der Waals surface area contributed by atoms with Gasteiger partial charge < -0.3 is 10.4 Å². The first-order valence-electron chi connectivity index (χ1n) is 5.45. The summed E-state index contributed by atoms with van der Waals surface area (Å²) in [5, 5.41) is 13.5. The molecule has 0 spiro atoms. The Hall–Kier alpha value is -0.670. The molecule has 0 amide bonds. The highest BCUT2D eigenvalue weighted by Gasteiger charge is 2.12. The molecule has 1 aliphatic heterocycles. The molecule has 1 fully saturated rings. The van der Waals surface area contributed by atoms with Gasteiger partial charge in [-0.25, -0.2) is 0 Å². The third kappa shape index (κ3) is 3.43. The summed E-state index contributed by atoms with van der Waals surface area (Å²) in [5.41, 5.74) is 1.21. The van der Waals surface area contributed by atoms with E-state index in [4.69, 9.17) is 0 Å². The number of nitrogens with one attached hydrogen (secondary N) is 1. The second kappa shape index (κ2) is 5.42. The molecule has 0 aromatic heterocycles. The highest BCUT2D eigenvalue weighted by molar-refractivity contribution is 7.99. The normalized spacial score (nSPS) is 21.5. The van der Waals surface area contributed by atoms with Crippen molar-refractivity contribution in [3.8, 4) is 5.75 Å². The van der Waals surface area contributed by atoms with Crippen molar-refractivity contribution in [3.63, 3.8) is 0 Å². The maximum Gasteiger partial charge on any atom is 0.115 e. The molecular formula is C12H17NOS. The summed E-state index contributed by atoms with van der Waals surface area (Å²) in [6, 6.07) is 7.55. The number of piperidine rings is 1. The summed E-state index contributed by atoms with van der Waals surface area (Å²) in [7, 11) is 0. The third-order valence-corrected chi connectivity index (χ3v) is 4.02. The Morgan fingerprint density at radius 2 is 2.40 bits per heavy atom. The predicted octanol–water partition coefficient (Wildman–Crippen LogP) is 2.38. The van der Waals surface area contributed by atoms with E-state index in [0.29, 0.717) is 5.75 Å². The number of rotatable bonds is 3. The molecule has 0 aliphatic carbocycles. The zero-order valence-electron chi connectivity index (χ0n) is 8.78. The van der Waals surface area contributed by atoms with E-state index < -0.39 is 0 Å². The number of phenols is 1. The summed E-state index contributed by atoms with van der Waals surface area (Å²) in [4.78, 5) is 0. The van der Waals surface area contributed by atoms with Crippen molar-refractivity contribution in [2.75, 3.05) is 13.1 Å². The first-order chi connectivity index (χ1) is 7.34. The van der Waals surface area contributed by atoms with Crippen LogP contribution in [0.15, 0.2) is 24.3 Å². The van der Waals surface area contributed by atoms with Gasteiger partial charge in [0.05, 0.1) is 0 Å². The SMILES string of the molecule is Oc1cccc(CSC2CCCNC2)c1. The Morgan fingerprint density at radius 3 is 3.13 bits per heavy atom. The van der Waals surface area contributed by atoms with Gasteiger partial charge in [0.25, 0.3) is 0 Å². The van der Waals surface area contributed by atoms with Crippen molar-refractivity contribution in [3.05, 3.63) is 29.8 Å². The molecule has 1 aromatic rings. The van der Waals surface area contributed by atoms with E-state index in [1.165, 1.54) is 24.9 Å². The molecule has 1 heterocycles. The fourth-order valence-corrected chi connectivity index (χ4v) is 3.00. The van der Waals surface area contributed by atoms with Gasteiger partial charge in [-0.2, -0.15) is 11.8 Å². The summed E-state index contributed by atoms with van der Waals surface area (Å²) in [6.45, 7) is 2.30. The number of hydrogen-bond acceptors (Lipinski definition) is 3. The highest BCUT2D eigenvalue weighted by atomic mass is 32.2. The van der Waals surface area contributed by atoms with Crippen LogP contribution in [0.3, 0.4) is 0 Å². The van der Waals surface area contributed by atoms with Crippen molar-refractivity contribution in [1.82, 2.24) is 5.32 Å². The molecule has 2 N–H and O–H groups in total. The van der Waals surface area contributed by atoms with Crippen LogP contribution in [0.1, 0.15) is 18.4 Å². The average molecular weight is 223 g/mol. The molecule has 2 rings (SSSR count). The molecule has 1 atom stereocenters. The fourth-order valence-electron chi connectivity index (χ4n) is 1.82. The zero-order chi connectivity index (χ0) is 10.5. The topological polar surface area (TPSA) is 32.3 Å². The lowest BCUT2D eigenvalue weighted by Gasteiger charge is -2.22. The van der Waals surface area contributed by atoms with Gasteiger partial charge >= 0.3 is 0 Å². The maximum absolute atomic E-state index is 9.33. The van der Waals surface area contributed by atoms with E-state index in [2.05, 4.69) is 11.4 Å². The van der Waals surface area contributed by atoms with Crippen LogP contribution in [0.2, 0.25) is 0 Å². The molecule has 82 valence electrons. The Kier molecular flexibility index (Phi) is 3.92. The van der Waals surface area contributed by atoms with Crippen molar-refractivity contribution in [2.24, 2.45) is 0 Å². The van der Waals surface area contributed by atoms with Gasteiger partial charge in [0, 0.05) is 17.5 Å². The van der Waals surface area contributed by atoms with Crippen LogP contribution in [-0.2, 0) is 5.75 Å². The summed E-state index contributed by atoms with van der Waals surface area (Å²) >= 11 is 1.99. The van der Waals surface area contributed by atoms with Gasteiger partial charge in [0.15, 0.2) is 0 Å². The summed E-state index contributed by atoms with van der Waals surface area (Å²) in [6.07, 6.45) is 2.61. The monoisotopic (exact) mass is 223 g/mol. The molecule has 1 saturated heterocycles. The van der Waals surface area contributed by atoms with Gasteiger partial charge in [0.1, 0.15) is 5.75 Å². The smallest absolute Gasteiger partial charge is 0.115 e. The second-order valence-corrected chi connectivity index (χ2v) is 5.24. The highest BCUT2D eigenvalue weighted by Crippen LogP contribution is 2.24. The lowest BCUT2D eigenvalue weighted by molar-refractivity contribution is 0.475. The van der Waals surface area contributed by atoms with E-state index in [0.717, 1.165) is 17.5 Å². The maximum atomic E-state index is 9.33. The predicted molar refractivity (Wildman–Crippen MR) is 65.3 cm³/mol. The number of phenolic OH excluding ortho intramolecular Hbond substituents is 1. The number of hydrogen-bond donors (Lipinski definition) is 2. The Labute approximate surface area is 95.1 Å². The molecule has 15 heavy (non-hydrogen) atoms. The largest absolute Gasteiger partial charge is 0.508 e. The third-order valence-electron chi connectivity index (χ3n) is 2.65. The van der Waals surface area contributed by atoms with Crippen molar-refractivity contribution < 1.29 is 5.11 Å². The molecule has 0 radical (unpaired) electrons. The molecular weight excluding hydrogens is 206 g/mol. The first kappa shape index (κ1) is 10.8. The van der Waals surface area contributed by atoms with E-state index in [-0.39, 0.29) is 0 Å². The van der Waals surface area contributed by atoms with Gasteiger partial charge in [-0.1, -0.05) is 12.1 Å². The molecule has 2 nitrogen and oxygen atoms in total. The molecule has 1 unspecified atom stereocenters. The van der Waals surface area contributed by atoms with E-state index >= 15 is 0 Å². The van der Waals surface area contributed by atoms with E-state index in [1.807, 2.05) is 23.9 Å². The lowest BCUT2D eigenvalue weighted by Crippen LogP contribution is -2.31. The van der Waals surface area contributed by atoms with Crippen LogP contribution in [0.25, 0.3) is 0 Å². The van der Waals surface area contributed by atoms with Crippen LogP contribution in [0.4, 0.5) is 0 Å². The van der Waals surface area contributed by atoms with Gasteiger partial charge in [-0.3, -0.25) is 0 Å². The molecule has 1 aromatic carbocycles. The summed E-state index contributed by atoms with van der Waals surface area (Å²) in [5.74, 6) is 1.37. The molecule has 3 heteroatoms. The molecule has 1 aliphatic rings. The molecule has 0 bridgehead atoms. The number of benzene rings is 1. The van der Waals surface area contributed by atoms with E-state index in [1.54, 1.807) is 6.07 Å². The van der Waals surface area contributed by atoms with Gasteiger partial charge in [-0.15, -0.1) is 0 Å².